The fourth-order valence-corrected chi connectivity index (χ4v) is 5.57. The number of rotatable bonds is 4. The Hall–Kier alpha value is -2.63. The molecule has 1 aliphatic carbocycles. The summed E-state index contributed by atoms with van der Waals surface area (Å²) in [7, 11) is 0. The Kier molecular flexibility index (Phi) is 5.97. The largest absolute Gasteiger partial charge is 0.446 e. The van der Waals surface area contributed by atoms with E-state index in [0.29, 0.717) is 29.8 Å². The third-order valence-electron chi connectivity index (χ3n) is 5.17. The molecule has 4 rings (SSSR count). The number of fused-ring (bicyclic) bond motifs is 1. The summed E-state index contributed by atoms with van der Waals surface area (Å²) in [6.07, 6.45) is 6.84. The molecule has 0 spiro atoms. The SMILES string of the molecule is N#Cc1c(NC(=O)/C=C/c2ccsc2)sc2c1CCC(OC(=O)N1CCCC1)C2. The normalized spacial score (nSPS) is 18.4. The highest BCUT2D eigenvalue weighted by Crippen LogP contribution is 2.38. The molecule has 0 aromatic carbocycles. The summed E-state index contributed by atoms with van der Waals surface area (Å²) in [4.78, 5) is 27.3. The number of ether oxygens (including phenoxy) is 1. The van der Waals surface area contributed by atoms with E-state index in [1.165, 1.54) is 17.4 Å². The topological polar surface area (TPSA) is 82.4 Å². The van der Waals surface area contributed by atoms with Gasteiger partial charge in [-0.1, -0.05) is 0 Å². The van der Waals surface area contributed by atoms with E-state index < -0.39 is 0 Å². The molecule has 8 heteroatoms. The molecule has 3 heterocycles. The molecule has 1 atom stereocenters. The van der Waals surface area contributed by atoms with Crippen molar-refractivity contribution >= 4 is 45.8 Å². The molecule has 29 heavy (non-hydrogen) atoms. The zero-order chi connectivity index (χ0) is 20.2. The summed E-state index contributed by atoms with van der Waals surface area (Å²) in [6.45, 7) is 1.53. The Morgan fingerprint density at radius 3 is 2.90 bits per heavy atom. The van der Waals surface area contributed by atoms with Gasteiger partial charge in [-0.3, -0.25) is 4.79 Å². The van der Waals surface area contributed by atoms with Crippen LogP contribution in [-0.2, 0) is 22.4 Å². The Labute approximate surface area is 177 Å². The molecular formula is C21H21N3O3S2. The molecule has 1 saturated heterocycles. The highest BCUT2D eigenvalue weighted by Gasteiger charge is 2.30. The van der Waals surface area contributed by atoms with E-state index in [2.05, 4.69) is 11.4 Å². The molecule has 150 valence electrons. The zero-order valence-electron chi connectivity index (χ0n) is 15.8. The third kappa shape index (κ3) is 4.52. The van der Waals surface area contributed by atoms with Crippen molar-refractivity contribution in [2.45, 2.75) is 38.2 Å². The Morgan fingerprint density at radius 1 is 1.34 bits per heavy atom. The number of nitrogens with one attached hydrogen (secondary N) is 1. The second-order valence-corrected chi connectivity index (χ2v) is 9.03. The average molecular weight is 428 g/mol. The van der Waals surface area contributed by atoms with Gasteiger partial charge in [-0.2, -0.15) is 16.6 Å². The van der Waals surface area contributed by atoms with E-state index in [9.17, 15) is 14.9 Å². The maximum Gasteiger partial charge on any atom is 0.410 e. The Bertz CT molecular complexity index is 966. The van der Waals surface area contributed by atoms with Crippen LogP contribution in [0.4, 0.5) is 9.80 Å². The van der Waals surface area contributed by atoms with Gasteiger partial charge < -0.3 is 15.0 Å². The monoisotopic (exact) mass is 427 g/mol. The van der Waals surface area contributed by atoms with Crippen molar-refractivity contribution in [3.05, 3.63) is 44.5 Å². The molecule has 2 aliphatic rings. The second kappa shape index (κ2) is 8.80. The summed E-state index contributed by atoms with van der Waals surface area (Å²) in [5.41, 5.74) is 2.48. The number of amides is 2. The lowest BCUT2D eigenvalue weighted by Gasteiger charge is -2.25. The van der Waals surface area contributed by atoms with Crippen molar-refractivity contribution in [3.8, 4) is 6.07 Å². The van der Waals surface area contributed by atoms with Crippen LogP contribution >= 0.6 is 22.7 Å². The number of nitrogens with zero attached hydrogens (tertiary/aromatic N) is 2. The second-order valence-electron chi connectivity index (χ2n) is 7.14. The highest BCUT2D eigenvalue weighted by molar-refractivity contribution is 7.16. The van der Waals surface area contributed by atoms with Crippen molar-refractivity contribution in [2.24, 2.45) is 0 Å². The summed E-state index contributed by atoms with van der Waals surface area (Å²) >= 11 is 2.98. The maximum atomic E-state index is 12.3. The molecule has 6 nitrogen and oxygen atoms in total. The van der Waals surface area contributed by atoms with Gasteiger partial charge in [-0.15, -0.1) is 11.3 Å². The van der Waals surface area contributed by atoms with Gasteiger partial charge in [0.05, 0.1) is 5.56 Å². The molecule has 2 amide bonds. The van der Waals surface area contributed by atoms with Crippen LogP contribution in [0.1, 0.15) is 40.8 Å². The van der Waals surface area contributed by atoms with Crippen molar-refractivity contribution in [1.82, 2.24) is 4.90 Å². The van der Waals surface area contributed by atoms with E-state index in [4.69, 9.17) is 4.74 Å². The molecule has 0 bridgehead atoms. The van der Waals surface area contributed by atoms with Gasteiger partial charge in [-0.05, 0) is 59.7 Å². The number of anilines is 1. The van der Waals surface area contributed by atoms with E-state index in [0.717, 1.165) is 41.9 Å². The summed E-state index contributed by atoms with van der Waals surface area (Å²) < 4.78 is 5.69. The van der Waals surface area contributed by atoms with Crippen LogP contribution in [0.25, 0.3) is 6.08 Å². The summed E-state index contributed by atoms with van der Waals surface area (Å²) in [6, 6.07) is 4.17. The molecule has 1 unspecified atom stereocenters. The van der Waals surface area contributed by atoms with Crippen LogP contribution in [-0.4, -0.2) is 36.1 Å². The highest BCUT2D eigenvalue weighted by atomic mass is 32.1. The quantitative estimate of drug-likeness (QED) is 0.732. The van der Waals surface area contributed by atoms with Gasteiger partial charge in [-0.25, -0.2) is 4.79 Å². The molecule has 1 N–H and O–H groups in total. The first kappa shape index (κ1) is 19.7. The number of likely N-dealkylation sites (tertiary alicyclic amines) is 1. The minimum atomic E-state index is -0.261. The number of hydrogen-bond acceptors (Lipinski definition) is 6. The molecule has 2 aromatic heterocycles. The van der Waals surface area contributed by atoms with E-state index in [1.807, 2.05) is 16.8 Å². The first-order valence-electron chi connectivity index (χ1n) is 9.65. The lowest BCUT2D eigenvalue weighted by atomic mass is 9.94. The standard InChI is InChI=1S/C21H21N3O3S2/c22-12-17-16-5-4-15(27-21(26)24-8-1-2-9-24)11-18(16)29-20(17)23-19(25)6-3-14-7-10-28-13-14/h3,6-7,10,13,15H,1-2,4-5,8-9,11H2,(H,23,25)/b6-3+. The Morgan fingerprint density at radius 2 is 2.17 bits per heavy atom. The minimum Gasteiger partial charge on any atom is -0.446 e. The molecule has 0 radical (unpaired) electrons. The van der Waals surface area contributed by atoms with Crippen LogP contribution in [0.15, 0.2) is 22.9 Å². The van der Waals surface area contributed by atoms with E-state index in [-0.39, 0.29) is 18.1 Å². The summed E-state index contributed by atoms with van der Waals surface area (Å²) in [5, 5.41) is 16.9. The molecule has 2 aromatic rings. The van der Waals surface area contributed by atoms with Crippen LogP contribution < -0.4 is 5.32 Å². The van der Waals surface area contributed by atoms with Gasteiger partial charge in [0.25, 0.3) is 0 Å². The van der Waals surface area contributed by atoms with Gasteiger partial charge in [0.2, 0.25) is 5.91 Å². The first-order chi connectivity index (χ1) is 14.1. The summed E-state index contributed by atoms with van der Waals surface area (Å²) in [5.74, 6) is -0.261. The smallest absolute Gasteiger partial charge is 0.410 e. The maximum absolute atomic E-state index is 12.3. The predicted octanol–water partition coefficient (Wildman–Crippen LogP) is 4.42. The zero-order valence-corrected chi connectivity index (χ0v) is 17.5. The minimum absolute atomic E-state index is 0.178. The van der Waals surface area contributed by atoms with Gasteiger partial charge in [0.15, 0.2) is 0 Å². The van der Waals surface area contributed by atoms with Gasteiger partial charge >= 0.3 is 6.09 Å². The van der Waals surface area contributed by atoms with Gasteiger partial charge in [0.1, 0.15) is 17.2 Å². The van der Waals surface area contributed by atoms with Crippen LogP contribution in [0.3, 0.4) is 0 Å². The Balaban J connectivity index is 1.42. The molecular weight excluding hydrogens is 406 g/mol. The molecule has 1 aliphatic heterocycles. The lowest BCUT2D eigenvalue weighted by molar-refractivity contribution is -0.111. The average Bonchev–Trinajstić information content (AvgIpc) is 3.46. The van der Waals surface area contributed by atoms with Crippen molar-refractivity contribution in [3.63, 3.8) is 0 Å². The van der Waals surface area contributed by atoms with Crippen molar-refractivity contribution in [2.75, 3.05) is 18.4 Å². The molecule has 0 saturated carbocycles. The number of hydrogen-bond donors (Lipinski definition) is 1. The van der Waals surface area contributed by atoms with E-state index in [1.54, 1.807) is 22.3 Å². The van der Waals surface area contributed by atoms with Crippen molar-refractivity contribution < 1.29 is 14.3 Å². The lowest BCUT2D eigenvalue weighted by Crippen LogP contribution is -2.34. The van der Waals surface area contributed by atoms with Crippen LogP contribution in [0.2, 0.25) is 0 Å². The number of carbonyl (C=O) groups excluding carboxylic acids is 2. The third-order valence-corrected chi connectivity index (χ3v) is 7.04. The van der Waals surface area contributed by atoms with Gasteiger partial charge in [0, 0.05) is 30.5 Å². The fourth-order valence-electron chi connectivity index (χ4n) is 3.67. The van der Waals surface area contributed by atoms with Crippen LogP contribution in [0.5, 0.6) is 0 Å². The number of thiophene rings is 2. The fraction of sp³-hybridized carbons (Fsp3) is 0.381. The van der Waals surface area contributed by atoms with E-state index >= 15 is 0 Å². The number of carbonyl (C=O) groups is 2. The van der Waals surface area contributed by atoms with Crippen LogP contribution in [0, 0.1) is 11.3 Å². The van der Waals surface area contributed by atoms with Crippen molar-refractivity contribution in [1.29, 1.82) is 5.26 Å². The number of nitriles is 1. The first-order valence-corrected chi connectivity index (χ1v) is 11.4. The predicted molar refractivity (Wildman–Crippen MR) is 114 cm³/mol. The molecule has 1 fully saturated rings.